The van der Waals surface area contributed by atoms with Gasteiger partial charge in [-0.1, -0.05) is 0 Å². The van der Waals surface area contributed by atoms with Crippen molar-refractivity contribution in [3.05, 3.63) is 54.4 Å². The summed E-state index contributed by atoms with van der Waals surface area (Å²) in [5, 5.41) is 2.53. The largest absolute Gasteiger partial charge is 0.456 e. The normalized spacial score (nSPS) is 19.6. The number of carbonyl (C=O) groups excluding carboxylic acids is 3. The van der Waals surface area contributed by atoms with E-state index in [1.165, 1.54) is 12.1 Å². The molecule has 1 saturated heterocycles. The van der Waals surface area contributed by atoms with Crippen LogP contribution in [0.1, 0.15) is 36.0 Å². The summed E-state index contributed by atoms with van der Waals surface area (Å²) in [7, 11) is 0. The molecule has 1 aliphatic carbocycles. The fourth-order valence-electron chi connectivity index (χ4n) is 3.69. The van der Waals surface area contributed by atoms with Crippen molar-refractivity contribution in [3.63, 3.8) is 0 Å². The molecule has 9 heteroatoms. The van der Waals surface area contributed by atoms with Crippen molar-refractivity contribution in [2.75, 3.05) is 6.54 Å². The molecule has 1 N–H and O–H groups in total. The topological polar surface area (TPSA) is 88.6 Å². The van der Waals surface area contributed by atoms with Crippen LogP contribution in [-0.2, 0) is 4.79 Å². The average molecular weight is 415 g/mol. The van der Waals surface area contributed by atoms with Gasteiger partial charge in [-0.05, 0) is 49.2 Å². The Balaban J connectivity index is 1.41. The Hall–Kier alpha value is -3.36. The molecule has 1 spiro atoms. The first-order valence-corrected chi connectivity index (χ1v) is 9.51. The Bertz CT molecular complexity index is 970. The van der Waals surface area contributed by atoms with E-state index in [9.17, 15) is 23.2 Å². The number of nitrogens with zero attached hydrogens (tertiary/aromatic N) is 2. The molecule has 0 radical (unpaired) electrons. The molecule has 7 nitrogen and oxygen atoms in total. The Labute approximate surface area is 171 Å². The number of rotatable bonds is 5. The number of pyridine rings is 1. The van der Waals surface area contributed by atoms with Crippen molar-refractivity contribution in [1.82, 2.24) is 15.2 Å². The molecule has 1 aliphatic heterocycles. The third-order valence-corrected chi connectivity index (χ3v) is 5.43. The van der Waals surface area contributed by atoms with Crippen LogP contribution >= 0.6 is 0 Å². The van der Waals surface area contributed by atoms with Crippen LogP contribution in [0, 0.1) is 0 Å². The van der Waals surface area contributed by atoms with Crippen LogP contribution in [0.15, 0.2) is 48.8 Å². The molecule has 2 heterocycles. The van der Waals surface area contributed by atoms with Crippen LogP contribution in [0.2, 0.25) is 0 Å². The minimum Gasteiger partial charge on any atom is -0.456 e. The fraction of sp³-hybridized carbons (Fsp3) is 0.333. The molecule has 2 aromatic rings. The van der Waals surface area contributed by atoms with Gasteiger partial charge < -0.3 is 10.1 Å². The number of halogens is 2. The molecule has 1 aromatic heterocycles. The molecule has 0 atom stereocenters. The first kappa shape index (κ1) is 19.9. The van der Waals surface area contributed by atoms with Crippen LogP contribution in [0.25, 0.3) is 0 Å². The number of benzene rings is 1. The number of nitrogens with one attached hydrogen (secondary N) is 1. The number of carbonyl (C=O) groups is 3. The Morgan fingerprint density at radius 1 is 1.07 bits per heavy atom. The summed E-state index contributed by atoms with van der Waals surface area (Å²) in [5.74, 6) is -2.85. The van der Waals surface area contributed by atoms with Crippen molar-refractivity contribution in [3.8, 4) is 11.5 Å². The van der Waals surface area contributed by atoms with Crippen LogP contribution in [-0.4, -0.2) is 45.6 Å². The number of hydrogen-bond donors (Lipinski definition) is 1. The number of Topliss-reactive ketones (excluding diaryl/α,β-unsaturated/α-hetero) is 1. The van der Waals surface area contributed by atoms with E-state index in [0.29, 0.717) is 17.1 Å². The molecule has 0 bridgehead atoms. The van der Waals surface area contributed by atoms with E-state index in [0.717, 1.165) is 4.90 Å². The van der Waals surface area contributed by atoms with Gasteiger partial charge in [-0.3, -0.25) is 19.5 Å². The zero-order valence-electron chi connectivity index (χ0n) is 15.9. The molecule has 3 amide bonds. The van der Waals surface area contributed by atoms with Crippen LogP contribution < -0.4 is 10.1 Å². The minimum absolute atomic E-state index is 0.143. The predicted molar refractivity (Wildman–Crippen MR) is 101 cm³/mol. The van der Waals surface area contributed by atoms with Crippen molar-refractivity contribution < 1.29 is 27.9 Å². The monoisotopic (exact) mass is 415 g/mol. The maximum Gasteiger partial charge on any atom is 0.325 e. The Morgan fingerprint density at radius 2 is 1.77 bits per heavy atom. The van der Waals surface area contributed by atoms with E-state index in [1.807, 2.05) is 0 Å². The highest BCUT2D eigenvalue weighted by Crippen LogP contribution is 2.41. The second-order valence-electron chi connectivity index (χ2n) is 7.50. The van der Waals surface area contributed by atoms with E-state index >= 15 is 0 Å². The second-order valence-corrected chi connectivity index (χ2v) is 7.50. The number of ether oxygens (including phenoxy) is 1. The highest BCUT2D eigenvalue weighted by Gasteiger charge is 2.55. The molecule has 0 unspecified atom stereocenters. The maximum atomic E-state index is 13.5. The lowest BCUT2D eigenvalue weighted by Crippen LogP contribution is -2.51. The van der Waals surface area contributed by atoms with Crippen LogP contribution in [0.3, 0.4) is 0 Å². The highest BCUT2D eigenvalue weighted by molar-refractivity contribution is 6.11. The van der Waals surface area contributed by atoms with Gasteiger partial charge in [-0.2, -0.15) is 0 Å². The number of urea groups is 1. The highest BCUT2D eigenvalue weighted by atomic mass is 19.3. The number of imide groups is 1. The van der Waals surface area contributed by atoms with Gasteiger partial charge in [0, 0.05) is 24.6 Å². The zero-order valence-corrected chi connectivity index (χ0v) is 15.9. The number of amides is 3. The molecule has 156 valence electrons. The van der Waals surface area contributed by atoms with Crippen molar-refractivity contribution in [2.24, 2.45) is 0 Å². The van der Waals surface area contributed by atoms with Gasteiger partial charge in [-0.25, -0.2) is 13.6 Å². The molecular formula is C21H19F2N3O4. The van der Waals surface area contributed by atoms with Gasteiger partial charge >= 0.3 is 6.03 Å². The predicted octanol–water partition coefficient (Wildman–Crippen LogP) is 3.56. The van der Waals surface area contributed by atoms with Gasteiger partial charge in [0.2, 0.25) is 5.92 Å². The number of aromatic nitrogens is 1. The molecule has 30 heavy (non-hydrogen) atoms. The first-order chi connectivity index (χ1) is 14.3. The van der Waals surface area contributed by atoms with Crippen molar-refractivity contribution in [1.29, 1.82) is 0 Å². The third kappa shape index (κ3) is 3.87. The molecule has 2 fully saturated rings. The summed E-state index contributed by atoms with van der Waals surface area (Å²) in [6, 6.07) is 8.99. The lowest BCUT2D eigenvalue weighted by Gasteiger charge is -2.34. The maximum absolute atomic E-state index is 13.5. The van der Waals surface area contributed by atoms with Crippen LogP contribution in [0.5, 0.6) is 11.5 Å². The van der Waals surface area contributed by atoms with Crippen molar-refractivity contribution in [2.45, 2.75) is 37.1 Å². The SMILES string of the molecule is O=C(CN1C(=O)NC2(CCC(F)(F)CC2)C1=O)c1ccc(Oc2cccnc2)cc1. The summed E-state index contributed by atoms with van der Waals surface area (Å²) in [5.41, 5.74) is -1.04. The number of alkyl halides is 2. The van der Waals surface area contributed by atoms with E-state index in [4.69, 9.17) is 4.74 Å². The summed E-state index contributed by atoms with van der Waals surface area (Å²) in [6.45, 7) is -0.453. The molecule has 4 rings (SSSR count). The number of ketones is 1. The molecule has 1 aromatic carbocycles. The van der Waals surface area contributed by atoms with E-state index in [-0.39, 0.29) is 12.8 Å². The van der Waals surface area contributed by atoms with Gasteiger partial charge in [0.15, 0.2) is 5.78 Å². The quantitative estimate of drug-likeness (QED) is 0.596. The first-order valence-electron chi connectivity index (χ1n) is 9.51. The van der Waals surface area contributed by atoms with Gasteiger partial charge in [0.1, 0.15) is 17.0 Å². The van der Waals surface area contributed by atoms with E-state index in [1.54, 1.807) is 36.7 Å². The lowest BCUT2D eigenvalue weighted by molar-refractivity contribution is -0.135. The summed E-state index contributed by atoms with van der Waals surface area (Å²) in [4.78, 5) is 42.4. The smallest absolute Gasteiger partial charge is 0.325 e. The van der Waals surface area contributed by atoms with Crippen LogP contribution in [0.4, 0.5) is 13.6 Å². The fourth-order valence-corrected chi connectivity index (χ4v) is 3.69. The molecule has 1 saturated carbocycles. The Kier molecular flexibility index (Phi) is 4.97. The summed E-state index contributed by atoms with van der Waals surface area (Å²) in [6.07, 6.45) is 1.94. The van der Waals surface area contributed by atoms with E-state index in [2.05, 4.69) is 10.3 Å². The number of hydrogen-bond acceptors (Lipinski definition) is 5. The van der Waals surface area contributed by atoms with Crippen molar-refractivity contribution >= 4 is 17.7 Å². The van der Waals surface area contributed by atoms with E-state index < -0.39 is 48.6 Å². The van der Waals surface area contributed by atoms with Gasteiger partial charge in [0.05, 0.1) is 12.7 Å². The molecule has 2 aliphatic rings. The zero-order chi connectivity index (χ0) is 21.4. The Morgan fingerprint density at radius 3 is 2.40 bits per heavy atom. The van der Waals surface area contributed by atoms with Gasteiger partial charge in [-0.15, -0.1) is 0 Å². The van der Waals surface area contributed by atoms with Gasteiger partial charge in [0.25, 0.3) is 5.91 Å². The summed E-state index contributed by atoms with van der Waals surface area (Å²) >= 11 is 0. The molecular weight excluding hydrogens is 396 g/mol. The average Bonchev–Trinajstić information content (AvgIpc) is 2.96. The minimum atomic E-state index is -2.83. The third-order valence-electron chi connectivity index (χ3n) is 5.43. The lowest BCUT2D eigenvalue weighted by atomic mass is 9.80. The standard InChI is InChI=1S/C21H19F2N3O4/c22-21(23)9-7-20(8-10-21)18(28)26(19(29)25-20)13-17(27)14-3-5-15(6-4-14)30-16-2-1-11-24-12-16/h1-6,11-12H,7-10,13H2,(H,25,29). The summed E-state index contributed by atoms with van der Waals surface area (Å²) < 4.78 is 32.5. The second kappa shape index (κ2) is 7.47.